The third-order valence-corrected chi connectivity index (χ3v) is 3.55. The number of carbonyl (C=O) groups is 1. The lowest BCUT2D eigenvalue weighted by molar-refractivity contribution is 0.177. The number of benzene rings is 2. The minimum atomic E-state index is -0.455. The number of carbonyl (C=O) groups excluding carboxylic acids is 1. The minimum absolute atomic E-state index is 0.290. The first-order valence-electron chi connectivity index (χ1n) is 6.74. The lowest BCUT2D eigenvalue weighted by Gasteiger charge is -2.16. The molecule has 0 bridgehead atoms. The number of ether oxygens (including phenoxy) is 1. The highest BCUT2D eigenvalue weighted by molar-refractivity contribution is 9.10. The largest absolute Gasteiger partial charge is 0.471 e. The standard InChI is InChI=1S/C16H16BrClN2O2/c1-11(22-15-7-5-14(18)6-8-15)20-16(21)19-10-12-3-2-4-13(17)9-12/h2-9,11H,10H2,1H3,(H2,19,20,21). The van der Waals surface area contributed by atoms with Gasteiger partial charge in [0.25, 0.3) is 0 Å². The average Bonchev–Trinajstić information content (AvgIpc) is 2.47. The van der Waals surface area contributed by atoms with E-state index in [2.05, 4.69) is 26.6 Å². The summed E-state index contributed by atoms with van der Waals surface area (Å²) in [6, 6.07) is 14.4. The maximum absolute atomic E-state index is 11.8. The summed E-state index contributed by atoms with van der Waals surface area (Å²) in [6.45, 7) is 2.20. The Labute approximate surface area is 142 Å². The maximum Gasteiger partial charge on any atom is 0.317 e. The summed E-state index contributed by atoms with van der Waals surface area (Å²) >= 11 is 9.20. The van der Waals surface area contributed by atoms with Crippen LogP contribution in [0.25, 0.3) is 0 Å². The van der Waals surface area contributed by atoms with Crippen molar-refractivity contribution in [3.8, 4) is 5.75 Å². The van der Waals surface area contributed by atoms with Crippen molar-refractivity contribution >= 4 is 33.6 Å². The smallest absolute Gasteiger partial charge is 0.317 e. The zero-order valence-electron chi connectivity index (χ0n) is 12.0. The molecule has 6 heteroatoms. The van der Waals surface area contributed by atoms with Gasteiger partial charge in [0.1, 0.15) is 5.75 Å². The van der Waals surface area contributed by atoms with E-state index in [-0.39, 0.29) is 6.03 Å². The van der Waals surface area contributed by atoms with Crippen LogP contribution in [0, 0.1) is 0 Å². The Kier molecular flexibility index (Phi) is 6.10. The van der Waals surface area contributed by atoms with Crippen LogP contribution in [0.3, 0.4) is 0 Å². The number of hydrogen-bond acceptors (Lipinski definition) is 2. The average molecular weight is 384 g/mol. The molecule has 2 N–H and O–H groups in total. The third kappa shape index (κ3) is 5.58. The highest BCUT2D eigenvalue weighted by Crippen LogP contribution is 2.16. The van der Waals surface area contributed by atoms with Crippen LogP contribution in [-0.4, -0.2) is 12.3 Å². The molecule has 0 radical (unpaired) electrons. The van der Waals surface area contributed by atoms with Crippen molar-refractivity contribution in [1.82, 2.24) is 10.6 Å². The van der Waals surface area contributed by atoms with E-state index >= 15 is 0 Å². The summed E-state index contributed by atoms with van der Waals surface area (Å²) in [5, 5.41) is 6.13. The molecule has 0 aliphatic heterocycles. The Hall–Kier alpha value is -1.72. The van der Waals surface area contributed by atoms with Gasteiger partial charge >= 0.3 is 6.03 Å². The molecule has 116 valence electrons. The van der Waals surface area contributed by atoms with Crippen LogP contribution in [0.4, 0.5) is 4.79 Å². The van der Waals surface area contributed by atoms with Gasteiger partial charge in [0.2, 0.25) is 0 Å². The van der Waals surface area contributed by atoms with Gasteiger partial charge in [-0.3, -0.25) is 0 Å². The zero-order valence-corrected chi connectivity index (χ0v) is 14.3. The second-order valence-electron chi connectivity index (χ2n) is 4.67. The van der Waals surface area contributed by atoms with Crippen molar-refractivity contribution in [3.05, 3.63) is 63.6 Å². The van der Waals surface area contributed by atoms with Crippen LogP contribution in [-0.2, 0) is 6.54 Å². The fraction of sp³-hybridized carbons (Fsp3) is 0.188. The van der Waals surface area contributed by atoms with Crippen LogP contribution >= 0.6 is 27.5 Å². The molecule has 22 heavy (non-hydrogen) atoms. The first-order chi connectivity index (χ1) is 10.5. The Morgan fingerprint density at radius 3 is 2.68 bits per heavy atom. The Morgan fingerprint density at radius 1 is 1.27 bits per heavy atom. The van der Waals surface area contributed by atoms with E-state index in [0.29, 0.717) is 17.3 Å². The molecular weight excluding hydrogens is 368 g/mol. The first kappa shape index (κ1) is 16.6. The van der Waals surface area contributed by atoms with Crippen LogP contribution in [0.15, 0.2) is 53.0 Å². The lowest BCUT2D eigenvalue weighted by Crippen LogP contribution is -2.43. The molecule has 0 spiro atoms. The number of nitrogens with one attached hydrogen (secondary N) is 2. The Bertz CT molecular complexity index is 634. The van der Waals surface area contributed by atoms with Gasteiger partial charge in [-0.1, -0.05) is 39.7 Å². The predicted molar refractivity (Wildman–Crippen MR) is 91.1 cm³/mol. The van der Waals surface area contributed by atoms with E-state index in [9.17, 15) is 4.79 Å². The van der Waals surface area contributed by atoms with E-state index in [1.807, 2.05) is 24.3 Å². The topological polar surface area (TPSA) is 50.4 Å². The van der Waals surface area contributed by atoms with Crippen molar-refractivity contribution in [2.75, 3.05) is 0 Å². The molecule has 0 aliphatic carbocycles. The van der Waals surface area contributed by atoms with Crippen molar-refractivity contribution in [1.29, 1.82) is 0 Å². The molecule has 0 saturated heterocycles. The molecular formula is C16H16BrClN2O2. The minimum Gasteiger partial charge on any atom is -0.471 e. The molecule has 1 unspecified atom stereocenters. The Balaban J connectivity index is 1.77. The fourth-order valence-corrected chi connectivity index (χ4v) is 2.38. The SMILES string of the molecule is CC(NC(=O)NCc1cccc(Br)c1)Oc1ccc(Cl)cc1. The van der Waals surface area contributed by atoms with Gasteiger partial charge in [-0.2, -0.15) is 0 Å². The summed E-state index contributed by atoms with van der Waals surface area (Å²) in [4.78, 5) is 11.8. The van der Waals surface area contributed by atoms with E-state index < -0.39 is 6.23 Å². The quantitative estimate of drug-likeness (QED) is 0.755. The highest BCUT2D eigenvalue weighted by Gasteiger charge is 2.08. The summed E-state index contributed by atoms with van der Waals surface area (Å²) in [5.74, 6) is 0.643. The molecule has 0 aliphatic rings. The predicted octanol–water partition coefficient (Wildman–Crippen LogP) is 4.33. The molecule has 0 heterocycles. The zero-order chi connectivity index (χ0) is 15.9. The first-order valence-corrected chi connectivity index (χ1v) is 7.91. The van der Waals surface area contributed by atoms with Gasteiger partial charge in [-0.15, -0.1) is 0 Å². The molecule has 2 amide bonds. The fourth-order valence-electron chi connectivity index (χ4n) is 1.81. The molecule has 0 aromatic heterocycles. The van der Waals surface area contributed by atoms with Crippen molar-refractivity contribution < 1.29 is 9.53 Å². The lowest BCUT2D eigenvalue weighted by atomic mass is 10.2. The Morgan fingerprint density at radius 2 is 2.00 bits per heavy atom. The molecule has 2 aromatic carbocycles. The van der Waals surface area contributed by atoms with Gasteiger partial charge in [-0.05, 0) is 48.9 Å². The van der Waals surface area contributed by atoms with Gasteiger partial charge < -0.3 is 15.4 Å². The number of hydrogen-bond donors (Lipinski definition) is 2. The van der Waals surface area contributed by atoms with Gasteiger partial charge in [0.05, 0.1) is 0 Å². The summed E-state index contributed by atoms with van der Waals surface area (Å²) in [5.41, 5.74) is 1.01. The molecule has 1 atom stereocenters. The number of urea groups is 1. The number of rotatable bonds is 5. The van der Waals surface area contributed by atoms with Crippen LogP contribution in [0.2, 0.25) is 5.02 Å². The van der Waals surface area contributed by atoms with Gasteiger partial charge in [-0.25, -0.2) is 4.79 Å². The van der Waals surface area contributed by atoms with E-state index in [4.69, 9.17) is 16.3 Å². The summed E-state index contributed by atoms with van der Waals surface area (Å²) < 4.78 is 6.55. The van der Waals surface area contributed by atoms with E-state index in [0.717, 1.165) is 10.0 Å². The third-order valence-electron chi connectivity index (χ3n) is 2.80. The monoisotopic (exact) mass is 382 g/mol. The van der Waals surface area contributed by atoms with Crippen molar-refractivity contribution in [2.45, 2.75) is 19.7 Å². The normalized spacial score (nSPS) is 11.6. The molecule has 2 rings (SSSR count). The van der Waals surface area contributed by atoms with Gasteiger partial charge in [0, 0.05) is 16.0 Å². The van der Waals surface area contributed by atoms with E-state index in [1.165, 1.54) is 0 Å². The maximum atomic E-state index is 11.8. The molecule has 2 aromatic rings. The van der Waals surface area contributed by atoms with Gasteiger partial charge in [0.15, 0.2) is 6.23 Å². The number of halogens is 2. The van der Waals surface area contributed by atoms with Crippen LogP contribution < -0.4 is 15.4 Å². The second kappa shape index (κ2) is 8.06. The van der Waals surface area contributed by atoms with E-state index in [1.54, 1.807) is 31.2 Å². The molecule has 0 saturated carbocycles. The van der Waals surface area contributed by atoms with Crippen LogP contribution in [0.5, 0.6) is 5.75 Å². The summed E-state index contributed by atoms with van der Waals surface area (Å²) in [6.07, 6.45) is -0.455. The number of amides is 2. The summed E-state index contributed by atoms with van der Waals surface area (Å²) in [7, 11) is 0. The molecule has 4 nitrogen and oxygen atoms in total. The van der Waals surface area contributed by atoms with Crippen LogP contribution in [0.1, 0.15) is 12.5 Å². The second-order valence-corrected chi connectivity index (χ2v) is 6.02. The molecule has 0 fully saturated rings. The van der Waals surface area contributed by atoms with Crippen molar-refractivity contribution in [3.63, 3.8) is 0 Å². The highest BCUT2D eigenvalue weighted by atomic mass is 79.9. The van der Waals surface area contributed by atoms with Crippen molar-refractivity contribution in [2.24, 2.45) is 0 Å².